The Bertz CT molecular complexity index is 540. The molecule has 0 bridgehead atoms. The van der Waals surface area contributed by atoms with Gasteiger partial charge in [0.05, 0.1) is 0 Å². The van der Waals surface area contributed by atoms with E-state index in [0.717, 1.165) is 31.4 Å². The van der Waals surface area contributed by atoms with Crippen molar-refractivity contribution in [1.29, 1.82) is 0 Å². The summed E-state index contributed by atoms with van der Waals surface area (Å²) in [7, 11) is 4.06. The molecule has 0 aromatic heterocycles. The van der Waals surface area contributed by atoms with Gasteiger partial charge < -0.3 is 15.5 Å². The number of hydrogen-bond donors (Lipinski definition) is 2. The van der Waals surface area contributed by atoms with Gasteiger partial charge in [-0.15, -0.1) is 24.0 Å². The fourth-order valence-electron chi connectivity index (χ4n) is 3.22. The average Bonchev–Trinajstić information content (AvgIpc) is 2.59. The number of halogens is 1. The zero-order chi connectivity index (χ0) is 18.3. The van der Waals surface area contributed by atoms with E-state index >= 15 is 0 Å². The third kappa shape index (κ3) is 7.82. The second-order valence-corrected chi connectivity index (χ2v) is 8.32. The minimum atomic E-state index is 0. The number of guanidine groups is 1. The molecule has 26 heavy (non-hydrogen) atoms. The van der Waals surface area contributed by atoms with Crippen LogP contribution in [0.25, 0.3) is 0 Å². The van der Waals surface area contributed by atoms with Crippen molar-refractivity contribution in [3.05, 3.63) is 35.4 Å². The van der Waals surface area contributed by atoms with Crippen molar-refractivity contribution < 1.29 is 0 Å². The van der Waals surface area contributed by atoms with E-state index in [0.29, 0.717) is 0 Å². The number of aliphatic imine (C=N–C) groups is 1. The van der Waals surface area contributed by atoms with Gasteiger partial charge in [0.1, 0.15) is 0 Å². The predicted molar refractivity (Wildman–Crippen MR) is 124 cm³/mol. The Labute approximate surface area is 177 Å². The molecule has 0 amide bonds. The number of nitrogens with zero attached hydrogens (tertiary/aromatic N) is 2. The van der Waals surface area contributed by atoms with E-state index in [4.69, 9.17) is 0 Å². The molecule has 2 N–H and O–H groups in total. The van der Waals surface area contributed by atoms with E-state index in [9.17, 15) is 0 Å². The van der Waals surface area contributed by atoms with Crippen LogP contribution in [-0.2, 0) is 11.8 Å². The Hall–Kier alpha value is -0.820. The Morgan fingerprint density at radius 3 is 2.27 bits per heavy atom. The van der Waals surface area contributed by atoms with Gasteiger partial charge in [0, 0.05) is 20.1 Å². The first-order valence-electron chi connectivity index (χ1n) is 9.61. The predicted octanol–water partition coefficient (Wildman–Crippen LogP) is 3.65. The van der Waals surface area contributed by atoms with Crippen molar-refractivity contribution in [2.24, 2.45) is 10.9 Å². The summed E-state index contributed by atoms with van der Waals surface area (Å²) < 4.78 is 0. The van der Waals surface area contributed by atoms with E-state index in [1.54, 1.807) is 0 Å². The normalized spacial score (nSPS) is 16.9. The third-order valence-electron chi connectivity index (χ3n) is 5.15. The Morgan fingerprint density at radius 2 is 1.73 bits per heavy atom. The van der Waals surface area contributed by atoms with Crippen molar-refractivity contribution in [3.63, 3.8) is 0 Å². The van der Waals surface area contributed by atoms with Crippen LogP contribution in [0.2, 0.25) is 0 Å². The molecule has 4 nitrogen and oxygen atoms in total. The van der Waals surface area contributed by atoms with Gasteiger partial charge in [0.15, 0.2) is 5.96 Å². The zero-order valence-electron chi connectivity index (χ0n) is 17.1. The lowest BCUT2D eigenvalue weighted by Crippen LogP contribution is -2.42. The topological polar surface area (TPSA) is 39.7 Å². The minimum Gasteiger partial charge on any atom is -0.356 e. The van der Waals surface area contributed by atoms with E-state index in [2.05, 4.69) is 72.6 Å². The van der Waals surface area contributed by atoms with Crippen LogP contribution in [0.3, 0.4) is 0 Å². The van der Waals surface area contributed by atoms with Gasteiger partial charge in [-0.3, -0.25) is 4.99 Å². The number of piperidine rings is 1. The number of benzene rings is 1. The van der Waals surface area contributed by atoms with Crippen LogP contribution in [0.15, 0.2) is 29.3 Å². The fourth-order valence-corrected chi connectivity index (χ4v) is 3.22. The van der Waals surface area contributed by atoms with Gasteiger partial charge in [0.25, 0.3) is 0 Å². The zero-order valence-corrected chi connectivity index (χ0v) is 19.5. The molecule has 5 heteroatoms. The van der Waals surface area contributed by atoms with E-state index in [1.165, 1.54) is 37.1 Å². The molecular formula is C21H37IN4. The number of nitrogens with one attached hydrogen (secondary N) is 2. The highest BCUT2D eigenvalue weighted by atomic mass is 127. The van der Waals surface area contributed by atoms with Crippen LogP contribution in [-0.4, -0.2) is 51.1 Å². The average molecular weight is 472 g/mol. The SMILES string of the molecule is CN=C(NCCc1ccc(C(C)(C)C)cc1)NCC1CCN(C)CC1.I. The monoisotopic (exact) mass is 472 g/mol. The summed E-state index contributed by atoms with van der Waals surface area (Å²) in [6, 6.07) is 9.00. The Morgan fingerprint density at radius 1 is 1.12 bits per heavy atom. The summed E-state index contributed by atoms with van der Waals surface area (Å²) >= 11 is 0. The Kier molecular flexibility index (Phi) is 9.93. The molecule has 0 atom stereocenters. The molecule has 1 heterocycles. The van der Waals surface area contributed by atoms with Crippen LogP contribution in [0.5, 0.6) is 0 Å². The van der Waals surface area contributed by atoms with Gasteiger partial charge in [-0.1, -0.05) is 45.0 Å². The second kappa shape index (κ2) is 11.1. The first-order chi connectivity index (χ1) is 11.9. The molecule has 1 fully saturated rings. The van der Waals surface area contributed by atoms with Gasteiger partial charge in [-0.25, -0.2) is 0 Å². The molecule has 0 radical (unpaired) electrons. The van der Waals surface area contributed by atoms with Crippen LogP contribution in [0.4, 0.5) is 0 Å². The maximum Gasteiger partial charge on any atom is 0.190 e. The lowest BCUT2D eigenvalue weighted by atomic mass is 9.86. The van der Waals surface area contributed by atoms with Crippen molar-refractivity contribution in [2.75, 3.05) is 40.3 Å². The summed E-state index contributed by atoms with van der Waals surface area (Å²) in [5.74, 6) is 1.69. The molecule has 0 saturated carbocycles. The van der Waals surface area contributed by atoms with E-state index < -0.39 is 0 Å². The van der Waals surface area contributed by atoms with Crippen molar-refractivity contribution in [3.8, 4) is 0 Å². The molecule has 0 spiro atoms. The highest BCUT2D eigenvalue weighted by Crippen LogP contribution is 2.22. The van der Waals surface area contributed by atoms with Crippen molar-refractivity contribution in [1.82, 2.24) is 15.5 Å². The lowest BCUT2D eigenvalue weighted by Gasteiger charge is -2.29. The molecule has 1 aromatic rings. The third-order valence-corrected chi connectivity index (χ3v) is 5.15. The molecule has 2 rings (SSSR count). The number of hydrogen-bond acceptors (Lipinski definition) is 2. The fraction of sp³-hybridized carbons (Fsp3) is 0.667. The smallest absolute Gasteiger partial charge is 0.190 e. The molecule has 1 aliphatic rings. The maximum atomic E-state index is 4.35. The summed E-state index contributed by atoms with van der Waals surface area (Å²) in [6.45, 7) is 11.1. The van der Waals surface area contributed by atoms with Crippen molar-refractivity contribution in [2.45, 2.75) is 45.4 Å². The lowest BCUT2D eigenvalue weighted by molar-refractivity contribution is 0.220. The summed E-state index contributed by atoms with van der Waals surface area (Å²) in [6.07, 6.45) is 3.57. The van der Waals surface area contributed by atoms with Crippen LogP contribution < -0.4 is 10.6 Å². The van der Waals surface area contributed by atoms with Gasteiger partial charge >= 0.3 is 0 Å². The summed E-state index contributed by atoms with van der Waals surface area (Å²) in [5.41, 5.74) is 2.97. The van der Waals surface area contributed by atoms with E-state index in [1.807, 2.05) is 7.05 Å². The van der Waals surface area contributed by atoms with Crippen LogP contribution in [0.1, 0.15) is 44.7 Å². The molecular weight excluding hydrogens is 435 g/mol. The molecule has 1 saturated heterocycles. The second-order valence-electron chi connectivity index (χ2n) is 8.32. The first kappa shape index (κ1) is 23.2. The molecule has 1 aliphatic heterocycles. The molecule has 148 valence electrons. The Balaban J connectivity index is 0.00000338. The molecule has 0 aliphatic carbocycles. The van der Waals surface area contributed by atoms with Gasteiger partial charge in [-0.05, 0) is 61.9 Å². The standard InChI is InChI=1S/C21H36N4.HI/c1-21(2,3)19-8-6-17(7-9-19)10-13-23-20(22-4)24-16-18-11-14-25(5)15-12-18;/h6-9,18H,10-16H2,1-5H3,(H2,22,23,24);1H. The van der Waals surface area contributed by atoms with Crippen molar-refractivity contribution >= 4 is 29.9 Å². The van der Waals surface area contributed by atoms with E-state index in [-0.39, 0.29) is 29.4 Å². The molecule has 1 aromatic carbocycles. The maximum absolute atomic E-state index is 4.35. The van der Waals surface area contributed by atoms with Gasteiger partial charge in [-0.2, -0.15) is 0 Å². The summed E-state index contributed by atoms with van der Waals surface area (Å²) in [4.78, 5) is 6.76. The van der Waals surface area contributed by atoms with Crippen LogP contribution >= 0.6 is 24.0 Å². The molecule has 0 unspecified atom stereocenters. The summed E-state index contributed by atoms with van der Waals surface area (Å²) in [5, 5.41) is 6.93. The largest absolute Gasteiger partial charge is 0.356 e. The first-order valence-corrected chi connectivity index (χ1v) is 9.61. The highest BCUT2D eigenvalue weighted by molar-refractivity contribution is 14.0. The quantitative estimate of drug-likeness (QED) is 0.391. The highest BCUT2D eigenvalue weighted by Gasteiger charge is 2.16. The number of likely N-dealkylation sites (tertiary alicyclic amines) is 1. The minimum absolute atomic E-state index is 0. The van der Waals surface area contributed by atoms with Gasteiger partial charge in [0.2, 0.25) is 0 Å². The number of rotatable bonds is 5. The van der Waals surface area contributed by atoms with Crippen LogP contribution in [0, 0.1) is 5.92 Å².